The Labute approximate surface area is 185 Å². The number of rotatable bonds is 5. The smallest absolute Gasteiger partial charge is 0.420 e. The van der Waals surface area contributed by atoms with Gasteiger partial charge in [-0.1, -0.05) is 6.92 Å². The second-order valence-corrected chi connectivity index (χ2v) is 8.09. The third-order valence-corrected chi connectivity index (χ3v) is 5.71. The monoisotopic (exact) mass is 466 g/mol. The molecule has 0 saturated carbocycles. The molecule has 1 aliphatic carbocycles. The van der Waals surface area contributed by atoms with E-state index in [1.54, 1.807) is 10.9 Å². The van der Waals surface area contributed by atoms with Gasteiger partial charge < -0.3 is 23.6 Å². The van der Waals surface area contributed by atoms with Crippen molar-refractivity contribution < 1.29 is 36.3 Å². The minimum Gasteiger partial charge on any atom is -0.455 e. The van der Waals surface area contributed by atoms with E-state index < -0.39 is 23.4 Å². The Balaban J connectivity index is 1.50. The van der Waals surface area contributed by atoms with E-state index in [1.165, 1.54) is 6.26 Å². The molecule has 3 aromatic rings. The van der Waals surface area contributed by atoms with Crippen molar-refractivity contribution in [2.45, 2.75) is 44.6 Å². The van der Waals surface area contributed by atoms with Crippen molar-refractivity contribution >= 4 is 5.91 Å². The fourth-order valence-electron chi connectivity index (χ4n) is 4.20. The van der Waals surface area contributed by atoms with Crippen LogP contribution in [-0.2, 0) is 35.2 Å². The first-order chi connectivity index (χ1) is 15.8. The number of carbonyl (C=O) groups excluding carboxylic acids is 1. The zero-order chi connectivity index (χ0) is 23.2. The van der Waals surface area contributed by atoms with Gasteiger partial charge in [0, 0.05) is 18.2 Å². The van der Waals surface area contributed by atoms with Gasteiger partial charge in [0.25, 0.3) is 5.91 Å². The molecule has 176 valence electrons. The van der Waals surface area contributed by atoms with Crippen LogP contribution in [0.15, 0.2) is 27.7 Å². The normalized spacial score (nSPS) is 20.4. The fraction of sp³-hybridized carbons (Fsp3) is 0.476. The number of oxazole rings is 1. The molecule has 0 unspecified atom stereocenters. The number of amides is 1. The molecule has 9 nitrogen and oxygen atoms in total. The SMILES string of the molecule is C[C@@H]1Cc2oc(C(=O)NCc3cocn3)c(C(F)(F)F)c2-c2nn(C[C@H]3COCCO3)cc21. The second kappa shape index (κ2) is 8.34. The number of hydrogen-bond donors (Lipinski definition) is 1. The van der Waals surface area contributed by atoms with E-state index in [-0.39, 0.29) is 42.0 Å². The zero-order valence-electron chi connectivity index (χ0n) is 17.6. The summed E-state index contributed by atoms with van der Waals surface area (Å²) in [4.78, 5) is 16.5. The lowest BCUT2D eigenvalue weighted by molar-refractivity contribution is -0.137. The number of fused-ring (bicyclic) bond motifs is 3. The van der Waals surface area contributed by atoms with E-state index in [0.29, 0.717) is 37.6 Å². The van der Waals surface area contributed by atoms with E-state index in [0.717, 1.165) is 6.39 Å². The number of carbonyl (C=O) groups is 1. The van der Waals surface area contributed by atoms with Crippen molar-refractivity contribution in [1.29, 1.82) is 0 Å². The molecule has 5 rings (SSSR count). The van der Waals surface area contributed by atoms with Crippen LogP contribution in [0.2, 0.25) is 0 Å². The molecule has 3 aromatic heterocycles. The highest BCUT2D eigenvalue weighted by Crippen LogP contribution is 2.48. The van der Waals surface area contributed by atoms with Crippen molar-refractivity contribution in [1.82, 2.24) is 20.1 Å². The van der Waals surface area contributed by atoms with Gasteiger partial charge in [-0.25, -0.2) is 4.98 Å². The topological polar surface area (TPSA) is 105 Å². The molecule has 0 radical (unpaired) electrons. The van der Waals surface area contributed by atoms with Gasteiger partial charge in [-0.15, -0.1) is 0 Å². The summed E-state index contributed by atoms with van der Waals surface area (Å²) in [5.41, 5.74) is -0.0865. The van der Waals surface area contributed by atoms with E-state index in [9.17, 15) is 18.0 Å². The summed E-state index contributed by atoms with van der Waals surface area (Å²) in [5.74, 6) is -1.81. The van der Waals surface area contributed by atoms with Gasteiger partial charge in [0.05, 0.1) is 49.9 Å². The van der Waals surface area contributed by atoms with Gasteiger partial charge in [0.15, 0.2) is 6.39 Å². The molecule has 2 aliphatic rings. The zero-order valence-corrected chi connectivity index (χ0v) is 17.6. The number of furan rings is 1. The van der Waals surface area contributed by atoms with Crippen molar-refractivity contribution in [3.05, 3.63) is 47.2 Å². The summed E-state index contributed by atoms with van der Waals surface area (Å²) in [5, 5.41) is 6.84. The summed E-state index contributed by atoms with van der Waals surface area (Å²) in [6, 6.07) is 0. The number of nitrogens with one attached hydrogen (secondary N) is 1. The van der Waals surface area contributed by atoms with Crippen LogP contribution >= 0.6 is 0 Å². The van der Waals surface area contributed by atoms with E-state index in [2.05, 4.69) is 15.4 Å². The van der Waals surface area contributed by atoms with Crippen LogP contribution in [0, 0.1) is 0 Å². The summed E-state index contributed by atoms with van der Waals surface area (Å²) >= 11 is 0. The number of ether oxygens (including phenoxy) is 2. The van der Waals surface area contributed by atoms with Crippen LogP contribution in [0.5, 0.6) is 0 Å². The molecule has 33 heavy (non-hydrogen) atoms. The van der Waals surface area contributed by atoms with Crippen LogP contribution in [0.4, 0.5) is 13.2 Å². The van der Waals surface area contributed by atoms with Crippen LogP contribution in [0.1, 0.15) is 46.0 Å². The molecule has 2 atom stereocenters. The number of halogens is 3. The van der Waals surface area contributed by atoms with E-state index in [4.69, 9.17) is 18.3 Å². The van der Waals surface area contributed by atoms with Crippen molar-refractivity contribution in [3.8, 4) is 11.3 Å². The number of alkyl halides is 3. The minimum absolute atomic E-state index is 0.0939. The van der Waals surface area contributed by atoms with Gasteiger partial charge >= 0.3 is 6.18 Å². The molecule has 0 bridgehead atoms. The Morgan fingerprint density at radius 1 is 1.33 bits per heavy atom. The number of aromatic nitrogens is 3. The Morgan fingerprint density at radius 2 is 2.18 bits per heavy atom. The van der Waals surface area contributed by atoms with Crippen molar-refractivity contribution in [3.63, 3.8) is 0 Å². The predicted molar refractivity (Wildman–Crippen MR) is 105 cm³/mol. The van der Waals surface area contributed by atoms with Crippen LogP contribution in [-0.4, -0.2) is 46.6 Å². The molecule has 1 aliphatic heterocycles. The Hall–Kier alpha value is -3.12. The van der Waals surface area contributed by atoms with E-state index in [1.807, 2.05) is 6.92 Å². The van der Waals surface area contributed by atoms with Gasteiger partial charge in [-0.3, -0.25) is 9.48 Å². The maximum absolute atomic E-state index is 14.2. The Morgan fingerprint density at radius 3 is 2.88 bits per heavy atom. The number of nitrogens with zero attached hydrogens (tertiary/aromatic N) is 3. The molecule has 1 saturated heterocycles. The molecule has 1 amide bonds. The maximum atomic E-state index is 14.2. The Bertz CT molecular complexity index is 1150. The summed E-state index contributed by atoms with van der Waals surface area (Å²) in [7, 11) is 0. The van der Waals surface area contributed by atoms with Gasteiger partial charge in [0.1, 0.15) is 23.7 Å². The van der Waals surface area contributed by atoms with Crippen LogP contribution in [0.3, 0.4) is 0 Å². The molecular formula is C21H21F3N4O5. The highest BCUT2D eigenvalue weighted by Gasteiger charge is 2.46. The first-order valence-electron chi connectivity index (χ1n) is 10.5. The highest BCUT2D eigenvalue weighted by atomic mass is 19.4. The van der Waals surface area contributed by atoms with Crippen molar-refractivity contribution in [2.24, 2.45) is 0 Å². The van der Waals surface area contributed by atoms with Gasteiger partial charge in [-0.05, 0) is 5.92 Å². The summed E-state index contributed by atoms with van der Waals surface area (Å²) in [6.45, 7) is 3.49. The molecule has 0 spiro atoms. The fourth-order valence-corrected chi connectivity index (χ4v) is 4.20. The third kappa shape index (κ3) is 4.15. The summed E-state index contributed by atoms with van der Waals surface area (Å²) in [6.07, 6.45) is -0.647. The lowest BCUT2D eigenvalue weighted by Gasteiger charge is -2.22. The molecule has 1 N–H and O–H groups in total. The second-order valence-electron chi connectivity index (χ2n) is 8.09. The molecule has 1 fully saturated rings. The van der Waals surface area contributed by atoms with Crippen molar-refractivity contribution in [2.75, 3.05) is 19.8 Å². The van der Waals surface area contributed by atoms with Crippen LogP contribution < -0.4 is 5.32 Å². The quantitative estimate of drug-likeness (QED) is 0.616. The minimum atomic E-state index is -4.82. The first kappa shape index (κ1) is 21.7. The average molecular weight is 466 g/mol. The predicted octanol–water partition coefficient (Wildman–Crippen LogP) is 3.15. The first-order valence-corrected chi connectivity index (χ1v) is 10.5. The highest BCUT2D eigenvalue weighted by molar-refractivity contribution is 5.96. The van der Waals surface area contributed by atoms with Gasteiger partial charge in [-0.2, -0.15) is 18.3 Å². The Kier molecular flexibility index (Phi) is 5.49. The van der Waals surface area contributed by atoms with Crippen LogP contribution in [0.25, 0.3) is 11.3 Å². The average Bonchev–Trinajstić information content (AvgIpc) is 3.50. The number of hydrogen-bond acceptors (Lipinski definition) is 7. The molecule has 12 heteroatoms. The lowest BCUT2D eigenvalue weighted by Crippen LogP contribution is -2.32. The summed E-state index contributed by atoms with van der Waals surface area (Å²) < 4.78 is 65.5. The largest absolute Gasteiger partial charge is 0.455 e. The van der Waals surface area contributed by atoms with Gasteiger partial charge in [0.2, 0.25) is 5.76 Å². The lowest BCUT2D eigenvalue weighted by atomic mass is 9.86. The standard InChI is InChI=1S/C21H21F3N4O5/c1-11-4-15-16(18-14(11)7-28(27-18)6-13-9-30-2-3-32-13)17(21(22,23)24)19(33-15)20(29)25-5-12-8-31-10-26-12/h7-8,10-11,13H,2-6,9H2,1H3,(H,25,29)/t11-,13+/m1/s1. The van der Waals surface area contributed by atoms with E-state index >= 15 is 0 Å². The maximum Gasteiger partial charge on any atom is 0.420 e. The molecule has 4 heterocycles. The molecular weight excluding hydrogens is 445 g/mol. The third-order valence-electron chi connectivity index (χ3n) is 5.71. The molecule has 0 aromatic carbocycles.